The minimum Gasteiger partial charge on any atom is -0.484 e. The highest BCUT2D eigenvalue weighted by Crippen LogP contribution is 2.30. The van der Waals surface area contributed by atoms with Crippen LogP contribution in [0.1, 0.15) is 16.7 Å². The molecule has 0 aliphatic heterocycles. The Bertz CT molecular complexity index is 1260. The number of nitrogens with one attached hydrogen (secondary N) is 3. The Labute approximate surface area is 204 Å². The molecule has 0 aliphatic rings. The summed E-state index contributed by atoms with van der Waals surface area (Å²) in [4.78, 5) is 35.7. The zero-order valence-corrected chi connectivity index (χ0v) is 18.9. The normalized spacial score (nSPS) is 11.1. The third kappa shape index (κ3) is 7.97. The van der Waals surface area contributed by atoms with Crippen LogP contribution >= 0.6 is 0 Å². The van der Waals surface area contributed by atoms with Crippen molar-refractivity contribution in [3.05, 3.63) is 89.5 Å². The molecule has 3 aromatic carbocycles. The van der Waals surface area contributed by atoms with Crippen LogP contribution in [0.25, 0.3) is 0 Å². The average Bonchev–Trinajstić information content (AvgIpc) is 2.84. The Morgan fingerprint density at radius 2 is 1.58 bits per heavy atom. The molecule has 0 fully saturated rings. The van der Waals surface area contributed by atoms with Gasteiger partial charge in [0.2, 0.25) is 0 Å². The molecule has 0 heterocycles. The molecular formula is C25H21F3N4O4. The van der Waals surface area contributed by atoms with E-state index in [-0.39, 0.29) is 18.2 Å². The largest absolute Gasteiger partial charge is 0.484 e. The number of nitrogens with zero attached hydrogens (tertiary/aromatic N) is 1. The minimum absolute atomic E-state index is 0.183. The fraction of sp³-hybridized carbons (Fsp3) is 0.120. The van der Waals surface area contributed by atoms with E-state index in [1.807, 2.05) is 24.5 Å². The van der Waals surface area contributed by atoms with Crippen LogP contribution in [-0.4, -0.2) is 30.5 Å². The molecule has 0 radical (unpaired) electrons. The Kier molecular flexibility index (Phi) is 8.39. The number of halogens is 3. The molecule has 8 nitrogen and oxygen atoms in total. The molecule has 3 rings (SSSR count). The number of carbonyl (C=O) groups is 3. The summed E-state index contributed by atoms with van der Waals surface area (Å²) in [6.45, 7) is 1.75. The molecule has 0 aromatic heterocycles. The predicted octanol–water partition coefficient (Wildman–Crippen LogP) is 4.12. The van der Waals surface area contributed by atoms with E-state index < -0.39 is 23.6 Å². The lowest BCUT2D eigenvalue weighted by Gasteiger charge is -2.09. The van der Waals surface area contributed by atoms with Crippen LogP contribution in [-0.2, 0) is 20.6 Å². The van der Waals surface area contributed by atoms with Crippen molar-refractivity contribution in [3.63, 3.8) is 0 Å². The maximum absolute atomic E-state index is 12.7. The van der Waals surface area contributed by atoms with Crippen LogP contribution in [0.3, 0.4) is 0 Å². The Morgan fingerprint density at radius 3 is 2.25 bits per heavy atom. The van der Waals surface area contributed by atoms with E-state index >= 15 is 0 Å². The van der Waals surface area contributed by atoms with Crippen LogP contribution in [0.5, 0.6) is 5.75 Å². The van der Waals surface area contributed by atoms with Gasteiger partial charge in [-0.1, -0.05) is 23.8 Å². The third-order valence-corrected chi connectivity index (χ3v) is 4.62. The molecule has 0 saturated heterocycles. The quantitative estimate of drug-likeness (QED) is 0.259. The van der Waals surface area contributed by atoms with Gasteiger partial charge < -0.3 is 15.4 Å². The number of alkyl halides is 3. The molecule has 36 heavy (non-hydrogen) atoms. The van der Waals surface area contributed by atoms with Crippen LogP contribution in [0.4, 0.5) is 24.5 Å². The summed E-state index contributed by atoms with van der Waals surface area (Å²) in [5.41, 5.74) is 3.13. The average molecular weight is 498 g/mol. The molecule has 0 saturated carbocycles. The van der Waals surface area contributed by atoms with Gasteiger partial charge in [0.1, 0.15) is 5.75 Å². The number of hydrogen-bond acceptors (Lipinski definition) is 5. The highest BCUT2D eigenvalue weighted by molar-refractivity contribution is 6.39. The Hall–Kier alpha value is -4.67. The topological polar surface area (TPSA) is 109 Å². The summed E-state index contributed by atoms with van der Waals surface area (Å²) in [7, 11) is 0. The van der Waals surface area contributed by atoms with E-state index in [9.17, 15) is 27.6 Å². The first-order valence-corrected chi connectivity index (χ1v) is 10.5. The minimum atomic E-state index is -4.58. The highest BCUT2D eigenvalue weighted by atomic mass is 19.4. The molecule has 0 aliphatic carbocycles. The van der Waals surface area contributed by atoms with Crippen LogP contribution in [0.2, 0.25) is 0 Å². The fourth-order valence-electron chi connectivity index (χ4n) is 2.81. The van der Waals surface area contributed by atoms with E-state index in [4.69, 9.17) is 4.74 Å². The molecule has 0 spiro atoms. The van der Waals surface area contributed by atoms with Gasteiger partial charge in [-0.05, 0) is 67.1 Å². The van der Waals surface area contributed by atoms with Crippen molar-refractivity contribution in [2.75, 3.05) is 17.2 Å². The van der Waals surface area contributed by atoms with E-state index in [0.29, 0.717) is 23.1 Å². The molecule has 3 amide bonds. The number of ether oxygens (including phenoxy) is 1. The van der Waals surface area contributed by atoms with Crippen molar-refractivity contribution in [3.8, 4) is 5.75 Å². The lowest BCUT2D eigenvalue weighted by molar-refractivity contribution is -0.137. The first kappa shape index (κ1) is 25.9. The lowest BCUT2D eigenvalue weighted by atomic mass is 10.2. The highest BCUT2D eigenvalue weighted by Gasteiger charge is 2.30. The van der Waals surface area contributed by atoms with Gasteiger partial charge >= 0.3 is 18.0 Å². The van der Waals surface area contributed by atoms with Crippen LogP contribution < -0.4 is 20.8 Å². The van der Waals surface area contributed by atoms with E-state index in [1.54, 1.807) is 36.4 Å². The van der Waals surface area contributed by atoms with Gasteiger partial charge in [0.25, 0.3) is 5.91 Å². The van der Waals surface area contributed by atoms with E-state index in [2.05, 4.69) is 15.7 Å². The second kappa shape index (κ2) is 11.6. The maximum Gasteiger partial charge on any atom is 0.416 e. The van der Waals surface area contributed by atoms with E-state index in [1.165, 1.54) is 12.3 Å². The second-order valence-electron chi connectivity index (χ2n) is 7.50. The number of aryl methyl sites for hydroxylation is 1. The first-order chi connectivity index (χ1) is 17.1. The Morgan fingerprint density at radius 1 is 0.889 bits per heavy atom. The number of benzene rings is 3. The first-order valence-electron chi connectivity index (χ1n) is 10.5. The number of anilines is 2. The molecule has 186 valence electrons. The molecule has 3 aromatic rings. The molecule has 0 unspecified atom stereocenters. The molecular weight excluding hydrogens is 477 g/mol. The van der Waals surface area contributed by atoms with Gasteiger partial charge in [-0.25, -0.2) is 5.43 Å². The molecule has 3 N–H and O–H groups in total. The van der Waals surface area contributed by atoms with Crippen molar-refractivity contribution >= 4 is 35.3 Å². The smallest absolute Gasteiger partial charge is 0.416 e. The van der Waals surface area contributed by atoms with Crippen molar-refractivity contribution in [2.24, 2.45) is 5.10 Å². The summed E-state index contributed by atoms with van der Waals surface area (Å²) in [6.07, 6.45) is -3.33. The summed E-state index contributed by atoms with van der Waals surface area (Å²) in [5, 5.41) is 8.44. The van der Waals surface area contributed by atoms with Crippen molar-refractivity contribution < 1.29 is 32.3 Å². The molecule has 11 heteroatoms. The second-order valence-corrected chi connectivity index (χ2v) is 7.50. The zero-order chi connectivity index (χ0) is 26.1. The fourth-order valence-corrected chi connectivity index (χ4v) is 2.81. The van der Waals surface area contributed by atoms with Crippen LogP contribution in [0, 0.1) is 6.92 Å². The van der Waals surface area contributed by atoms with E-state index in [0.717, 1.165) is 17.7 Å². The van der Waals surface area contributed by atoms with Gasteiger partial charge in [-0.3, -0.25) is 14.4 Å². The van der Waals surface area contributed by atoms with Gasteiger partial charge in [0, 0.05) is 11.4 Å². The molecule has 0 bridgehead atoms. The van der Waals surface area contributed by atoms with Gasteiger partial charge in [0.15, 0.2) is 6.61 Å². The third-order valence-electron chi connectivity index (χ3n) is 4.62. The summed E-state index contributed by atoms with van der Waals surface area (Å²) in [6, 6.07) is 17.6. The molecule has 0 atom stereocenters. The summed E-state index contributed by atoms with van der Waals surface area (Å²) >= 11 is 0. The van der Waals surface area contributed by atoms with Crippen molar-refractivity contribution in [1.82, 2.24) is 5.43 Å². The lowest BCUT2D eigenvalue weighted by Crippen LogP contribution is -2.32. The van der Waals surface area contributed by atoms with Crippen molar-refractivity contribution in [1.29, 1.82) is 0 Å². The summed E-state index contributed by atoms with van der Waals surface area (Å²) in [5.74, 6) is -2.24. The number of rotatable bonds is 7. The predicted molar refractivity (Wildman–Crippen MR) is 128 cm³/mol. The van der Waals surface area contributed by atoms with Crippen LogP contribution in [0.15, 0.2) is 77.9 Å². The number of hydrazone groups is 1. The van der Waals surface area contributed by atoms with Crippen molar-refractivity contribution in [2.45, 2.75) is 13.1 Å². The standard InChI is InChI=1S/C25H21F3N4O4/c1-16-5-9-19(10-6-16)30-22(33)15-36-21-11-7-17(8-12-21)14-29-32-24(35)23(34)31-20-4-2-3-18(13-20)25(26,27)28/h2-14H,15H2,1H3,(H,30,33)(H,31,34)(H,32,35)/b29-14+. The number of hydrogen-bond donors (Lipinski definition) is 3. The number of carbonyl (C=O) groups excluding carboxylic acids is 3. The SMILES string of the molecule is Cc1ccc(NC(=O)COc2ccc(/C=N/NC(=O)C(=O)Nc3cccc(C(F)(F)F)c3)cc2)cc1. The van der Waals surface area contributed by atoms with Gasteiger partial charge in [-0.2, -0.15) is 18.3 Å². The number of amides is 3. The van der Waals surface area contributed by atoms with Gasteiger partial charge in [-0.15, -0.1) is 0 Å². The summed E-state index contributed by atoms with van der Waals surface area (Å²) < 4.78 is 43.7. The monoisotopic (exact) mass is 498 g/mol. The Balaban J connectivity index is 1.44. The maximum atomic E-state index is 12.7. The zero-order valence-electron chi connectivity index (χ0n) is 18.9. The van der Waals surface area contributed by atoms with Gasteiger partial charge in [0.05, 0.1) is 11.8 Å².